The van der Waals surface area contributed by atoms with Crippen LogP contribution >= 0.6 is 11.3 Å². The summed E-state index contributed by atoms with van der Waals surface area (Å²) in [6, 6.07) is 23.2. The van der Waals surface area contributed by atoms with Crippen LogP contribution in [-0.2, 0) is 18.0 Å². The average Bonchev–Trinajstić information content (AvgIpc) is 3.53. The van der Waals surface area contributed by atoms with Crippen LogP contribution in [0.15, 0.2) is 89.2 Å². The summed E-state index contributed by atoms with van der Waals surface area (Å²) in [5.74, 6) is 0.683. The number of anilines is 1. The highest BCUT2D eigenvalue weighted by Crippen LogP contribution is 2.31. The van der Waals surface area contributed by atoms with Crippen molar-refractivity contribution in [3.63, 3.8) is 0 Å². The SMILES string of the molecule is O=C(NCc1ccccn1)OCn1c(=O)ccc2ccc(OCCCCN3CCN(c4cccc5sccc45)CC3)cc21. The third-order valence-electron chi connectivity index (χ3n) is 7.75. The first-order valence-electron chi connectivity index (χ1n) is 14.6. The van der Waals surface area contributed by atoms with Gasteiger partial charge in [0.1, 0.15) is 5.75 Å². The summed E-state index contributed by atoms with van der Waals surface area (Å²) in [4.78, 5) is 34.1. The number of carbonyl (C=O) groups is 1. The highest BCUT2D eigenvalue weighted by molar-refractivity contribution is 7.17. The van der Waals surface area contributed by atoms with Gasteiger partial charge in [-0.05, 0) is 78.7 Å². The molecule has 0 spiro atoms. The lowest BCUT2D eigenvalue weighted by Crippen LogP contribution is -2.46. The lowest BCUT2D eigenvalue weighted by Gasteiger charge is -2.36. The van der Waals surface area contributed by atoms with E-state index in [1.807, 2.05) is 36.4 Å². The van der Waals surface area contributed by atoms with E-state index in [-0.39, 0.29) is 18.8 Å². The van der Waals surface area contributed by atoms with Crippen LogP contribution in [0.1, 0.15) is 18.5 Å². The first-order chi connectivity index (χ1) is 21.1. The Morgan fingerprint density at radius 1 is 0.953 bits per heavy atom. The first-order valence-corrected chi connectivity index (χ1v) is 15.5. The number of nitrogens with zero attached hydrogens (tertiary/aromatic N) is 4. The summed E-state index contributed by atoms with van der Waals surface area (Å²) < 4.78 is 14.2. The molecule has 0 bridgehead atoms. The number of alkyl carbamates (subject to hydrolysis) is 1. The van der Waals surface area contributed by atoms with Crippen molar-refractivity contribution >= 4 is 44.1 Å². The molecule has 1 saturated heterocycles. The zero-order chi connectivity index (χ0) is 29.4. The van der Waals surface area contributed by atoms with E-state index in [4.69, 9.17) is 9.47 Å². The Balaban J connectivity index is 0.955. The number of fused-ring (bicyclic) bond motifs is 2. The Labute approximate surface area is 254 Å². The molecular formula is C33H35N5O4S. The van der Waals surface area contributed by atoms with Gasteiger partial charge in [-0.2, -0.15) is 0 Å². The Morgan fingerprint density at radius 3 is 2.70 bits per heavy atom. The van der Waals surface area contributed by atoms with E-state index in [1.54, 1.807) is 23.6 Å². The van der Waals surface area contributed by atoms with Crippen molar-refractivity contribution in [2.45, 2.75) is 26.1 Å². The zero-order valence-electron chi connectivity index (χ0n) is 24.0. The molecule has 0 radical (unpaired) electrons. The van der Waals surface area contributed by atoms with Gasteiger partial charge in [-0.3, -0.25) is 19.2 Å². The zero-order valence-corrected chi connectivity index (χ0v) is 24.8. The number of nitrogens with one attached hydrogen (secondary N) is 1. The lowest BCUT2D eigenvalue weighted by atomic mass is 10.2. The number of thiophene rings is 1. The predicted molar refractivity (Wildman–Crippen MR) is 171 cm³/mol. The minimum absolute atomic E-state index is 0.205. The van der Waals surface area contributed by atoms with E-state index in [2.05, 4.69) is 49.7 Å². The molecule has 0 saturated carbocycles. The number of aromatic nitrogens is 2. The number of amides is 1. The Bertz CT molecular complexity index is 1730. The molecule has 3 aromatic heterocycles. The fraction of sp³-hybridized carbons (Fsp3) is 0.303. The maximum absolute atomic E-state index is 12.6. The van der Waals surface area contributed by atoms with Crippen molar-refractivity contribution in [2.24, 2.45) is 0 Å². The third-order valence-corrected chi connectivity index (χ3v) is 8.63. The van der Waals surface area contributed by atoms with E-state index >= 15 is 0 Å². The van der Waals surface area contributed by atoms with Crippen LogP contribution in [0.25, 0.3) is 21.0 Å². The van der Waals surface area contributed by atoms with E-state index in [0.29, 0.717) is 23.6 Å². The van der Waals surface area contributed by atoms with Crippen molar-refractivity contribution in [3.8, 4) is 5.75 Å². The number of benzene rings is 2. The topological polar surface area (TPSA) is 88.9 Å². The van der Waals surface area contributed by atoms with Crippen molar-refractivity contribution < 1.29 is 14.3 Å². The number of piperazine rings is 1. The predicted octanol–water partition coefficient (Wildman–Crippen LogP) is 5.48. The second kappa shape index (κ2) is 13.7. The fourth-order valence-electron chi connectivity index (χ4n) is 5.42. The molecule has 4 heterocycles. The van der Waals surface area contributed by atoms with Gasteiger partial charge in [0.2, 0.25) is 0 Å². The van der Waals surface area contributed by atoms with Gasteiger partial charge < -0.3 is 19.7 Å². The molecule has 0 atom stereocenters. The fourth-order valence-corrected chi connectivity index (χ4v) is 6.23. The molecule has 1 aliphatic heterocycles. The van der Waals surface area contributed by atoms with Crippen molar-refractivity contribution in [3.05, 3.63) is 100 Å². The molecule has 1 aliphatic rings. The largest absolute Gasteiger partial charge is 0.494 e. The second-order valence-electron chi connectivity index (χ2n) is 10.5. The molecule has 1 N–H and O–H groups in total. The molecular weight excluding hydrogens is 562 g/mol. The van der Waals surface area contributed by atoms with Gasteiger partial charge in [-0.1, -0.05) is 12.1 Å². The molecule has 43 heavy (non-hydrogen) atoms. The minimum Gasteiger partial charge on any atom is -0.494 e. The van der Waals surface area contributed by atoms with Crippen LogP contribution in [0.4, 0.5) is 10.5 Å². The van der Waals surface area contributed by atoms with Crippen LogP contribution in [0.5, 0.6) is 5.75 Å². The van der Waals surface area contributed by atoms with Crippen LogP contribution in [-0.4, -0.2) is 59.9 Å². The minimum atomic E-state index is -0.622. The molecule has 10 heteroatoms. The lowest BCUT2D eigenvalue weighted by molar-refractivity contribution is 0.114. The molecule has 2 aromatic carbocycles. The van der Waals surface area contributed by atoms with E-state index in [9.17, 15) is 9.59 Å². The van der Waals surface area contributed by atoms with Crippen LogP contribution in [0.2, 0.25) is 0 Å². The first kappa shape index (κ1) is 28.7. The molecule has 6 rings (SSSR count). The summed E-state index contributed by atoms with van der Waals surface area (Å²) >= 11 is 1.80. The molecule has 0 unspecified atom stereocenters. The maximum Gasteiger partial charge on any atom is 0.409 e. The van der Waals surface area contributed by atoms with Crippen LogP contribution in [0.3, 0.4) is 0 Å². The van der Waals surface area contributed by atoms with Gasteiger partial charge in [0, 0.05) is 60.3 Å². The molecule has 5 aromatic rings. The van der Waals surface area contributed by atoms with Crippen LogP contribution in [0, 0.1) is 0 Å². The van der Waals surface area contributed by atoms with Gasteiger partial charge in [0.25, 0.3) is 5.56 Å². The van der Waals surface area contributed by atoms with Gasteiger partial charge in [-0.25, -0.2) is 4.79 Å². The Hall–Kier alpha value is -4.41. The number of hydrogen-bond donors (Lipinski definition) is 1. The summed E-state index contributed by atoms with van der Waals surface area (Å²) in [5, 5.41) is 7.05. The summed E-state index contributed by atoms with van der Waals surface area (Å²) in [6.07, 6.45) is 3.03. The van der Waals surface area contributed by atoms with E-state index in [0.717, 1.165) is 51.0 Å². The summed E-state index contributed by atoms with van der Waals surface area (Å²) in [5.41, 5.74) is 2.46. The molecule has 0 aliphatic carbocycles. The van der Waals surface area contributed by atoms with E-state index in [1.165, 1.54) is 26.4 Å². The number of carbonyl (C=O) groups excluding carboxylic acids is 1. The van der Waals surface area contributed by atoms with Gasteiger partial charge in [-0.15, -0.1) is 11.3 Å². The highest BCUT2D eigenvalue weighted by Gasteiger charge is 2.18. The Kier molecular flexibility index (Phi) is 9.15. The summed E-state index contributed by atoms with van der Waals surface area (Å²) in [7, 11) is 0. The quantitative estimate of drug-likeness (QED) is 0.202. The molecule has 1 amide bonds. The number of unbranched alkanes of at least 4 members (excludes halogenated alkanes) is 1. The molecule has 1 fully saturated rings. The standard InChI is InChI=1S/C33H35N5O4S/c39-32-12-10-25-9-11-27(22-30(25)38(32)24-42-33(40)35-23-26-6-1-2-14-34-26)41-20-4-3-15-36-16-18-37(19-17-36)29-7-5-8-31-28(29)13-21-43-31/h1-2,5-14,21-22H,3-4,15-20,23-24H2,(H,35,40). The average molecular weight is 598 g/mol. The van der Waals surface area contributed by atoms with Gasteiger partial charge in [0.15, 0.2) is 6.73 Å². The molecule has 9 nitrogen and oxygen atoms in total. The van der Waals surface area contributed by atoms with Crippen molar-refractivity contribution in [1.82, 2.24) is 19.8 Å². The van der Waals surface area contributed by atoms with Crippen molar-refractivity contribution in [1.29, 1.82) is 0 Å². The monoisotopic (exact) mass is 597 g/mol. The number of rotatable bonds is 11. The smallest absolute Gasteiger partial charge is 0.409 e. The summed E-state index contributed by atoms with van der Waals surface area (Å²) in [6.45, 7) is 5.89. The van der Waals surface area contributed by atoms with Crippen molar-refractivity contribution in [2.75, 3.05) is 44.2 Å². The number of pyridine rings is 2. The highest BCUT2D eigenvalue weighted by atomic mass is 32.1. The normalized spacial score (nSPS) is 13.8. The van der Waals surface area contributed by atoms with Crippen LogP contribution < -0.4 is 20.5 Å². The number of ether oxygens (including phenoxy) is 2. The van der Waals surface area contributed by atoms with Gasteiger partial charge in [0.05, 0.1) is 24.4 Å². The molecule has 222 valence electrons. The second-order valence-corrected chi connectivity index (χ2v) is 11.5. The Morgan fingerprint density at radius 2 is 1.84 bits per heavy atom. The van der Waals surface area contributed by atoms with E-state index < -0.39 is 6.09 Å². The van der Waals surface area contributed by atoms with Gasteiger partial charge >= 0.3 is 6.09 Å². The third kappa shape index (κ3) is 7.15. The number of hydrogen-bond acceptors (Lipinski definition) is 8. The maximum atomic E-state index is 12.6.